The minimum atomic E-state index is -3.91. The lowest BCUT2D eigenvalue weighted by Gasteiger charge is -2.19. The molecule has 154 valence electrons. The van der Waals surface area contributed by atoms with Gasteiger partial charge in [0.2, 0.25) is 10.0 Å². The summed E-state index contributed by atoms with van der Waals surface area (Å²) in [6.07, 6.45) is 0. The van der Waals surface area contributed by atoms with Crippen LogP contribution in [0.1, 0.15) is 6.92 Å². The van der Waals surface area contributed by atoms with Crippen molar-refractivity contribution in [1.29, 1.82) is 0 Å². The largest absolute Gasteiger partial charge is 0.506 e. The van der Waals surface area contributed by atoms with Crippen molar-refractivity contribution in [1.82, 2.24) is 9.44 Å². The molecule has 3 rings (SSSR count). The highest BCUT2D eigenvalue weighted by molar-refractivity contribution is 7.91. The number of nitrogens with zero attached hydrogens (tertiary/aromatic N) is 1. The van der Waals surface area contributed by atoms with Crippen LogP contribution in [0.15, 0.2) is 24.3 Å². The molecular weight excluding hydrogens is 413 g/mol. The summed E-state index contributed by atoms with van der Waals surface area (Å²) in [5, 5.41) is 10.6. The summed E-state index contributed by atoms with van der Waals surface area (Å²) in [7, 11) is -7.24. The lowest BCUT2D eigenvalue weighted by atomic mass is 10.1. The van der Waals surface area contributed by atoms with E-state index in [2.05, 4.69) is 9.44 Å². The SMILES string of the molecule is CCS(=O)(=O)NCCOc1ccc2cc(O)c(N3CCNS3(=O)=O)c(F)c2c1. The third-order valence-corrected chi connectivity index (χ3v) is 7.13. The predicted octanol–water partition coefficient (Wildman–Crippen LogP) is 0.657. The number of halogens is 1. The maximum atomic E-state index is 15.1. The Hall–Kier alpha value is -2.15. The number of benzene rings is 2. The second-order valence-corrected chi connectivity index (χ2v) is 9.83. The molecule has 28 heavy (non-hydrogen) atoms. The van der Waals surface area contributed by atoms with Crippen molar-refractivity contribution in [2.24, 2.45) is 0 Å². The molecule has 0 unspecified atom stereocenters. The van der Waals surface area contributed by atoms with Crippen molar-refractivity contribution in [2.45, 2.75) is 6.92 Å². The summed E-state index contributed by atoms with van der Waals surface area (Å²) in [5.74, 6) is -1.14. The van der Waals surface area contributed by atoms with E-state index >= 15 is 4.39 Å². The number of phenols is 1. The average Bonchev–Trinajstić information content (AvgIpc) is 2.98. The predicted molar refractivity (Wildman–Crippen MR) is 103 cm³/mol. The number of anilines is 1. The van der Waals surface area contributed by atoms with Gasteiger partial charge in [-0.05, 0) is 30.5 Å². The van der Waals surface area contributed by atoms with E-state index < -0.39 is 37.5 Å². The molecule has 9 nitrogen and oxygen atoms in total. The first-order valence-corrected chi connectivity index (χ1v) is 11.6. The van der Waals surface area contributed by atoms with E-state index in [0.29, 0.717) is 5.39 Å². The topological polar surface area (TPSA) is 125 Å². The van der Waals surface area contributed by atoms with Crippen LogP contribution in [0.3, 0.4) is 0 Å². The number of nitrogens with one attached hydrogen (secondary N) is 2. The summed E-state index contributed by atoms with van der Waals surface area (Å²) in [6.45, 7) is 1.69. The number of phenolic OH excluding ortho intramolecular Hbond substituents is 1. The van der Waals surface area contributed by atoms with Gasteiger partial charge in [0, 0.05) is 25.0 Å². The molecule has 1 heterocycles. The quantitative estimate of drug-likeness (QED) is 0.551. The molecule has 12 heteroatoms. The first-order valence-electron chi connectivity index (χ1n) is 8.47. The molecule has 0 aliphatic carbocycles. The third kappa shape index (κ3) is 4.14. The van der Waals surface area contributed by atoms with Crippen LogP contribution in [-0.4, -0.2) is 53.9 Å². The van der Waals surface area contributed by atoms with Crippen LogP contribution in [0.2, 0.25) is 0 Å². The molecule has 1 saturated heterocycles. The van der Waals surface area contributed by atoms with Crippen LogP contribution in [0, 0.1) is 5.82 Å². The van der Waals surface area contributed by atoms with Crippen LogP contribution in [-0.2, 0) is 20.2 Å². The Morgan fingerprint density at radius 3 is 2.75 bits per heavy atom. The standard InChI is InChI=1S/C16H20FN3O6S2/c1-2-27(22,23)18-6-8-26-12-4-3-11-9-14(21)16(15(17)13(11)10-12)20-7-5-19-28(20,24)25/h3-4,9-10,18-19,21H,2,5-8H2,1H3. The fraction of sp³-hybridized carbons (Fsp3) is 0.375. The summed E-state index contributed by atoms with van der Waals surface area (Å²) in [4.78, 5) is 0. The molecule has 0 radical (unpaired) electrons. The molecule has 1 aliphatic rings. The minimum absolute atomic E-state index is 0.00785. The Morgan fingerprint density at radius 2 is 2.11 bits per heavy atom. The van der Waals surface area contributed by atoms with Crippen molar-refractivity contribution in [3.8, 4) is 11.5 Å². The number of aromatic hydroxyl groups is 1. The van der Waals surface area contributed by atoms with Crippen molar-refractivity contribution in [3.63, 3.8) is 0 Å². The molecule has 2 aromatic rings. The van der Waals surface area contributed by atoms with E-state index in [1.165, 1.54) is 25.1 Å². The van der Waals surface area contributed by atoms with Gasteiger partial charge in [0.25, 0.3) is 0 Å². The van der Waals surface area contributed by atoms with Gasteiger partial charge in [-0.3, -0.25) is 0 Å². The smallest absolute Gasteiger partial charge is 0.301 e. The van der Waals surface area contributed by atoms with Gasteiger partial charge in [0.1, 0.15) is 23.8 Å². The van der Waals surface area contributed by atoms with Gasteiger partial charge in [0.15, 0.2) is 5.82 Å². The number of hydrogen-bond acceptors (Lipinski definition) is 6. The zero-order valence-corrected chi connectivity index (χ0v) is 16.6. The molecule has 0 aromatic heterocycles. The zero-order valence-electron chi connectivity index (χ0n) is 15.0. The Kier molecular flexibility index (Phi) is 5.66. The lowest BCUT2D eigenvalue weighted by molar-refractivity contribution is 0.323. The lowest BCUT2D eigenvalue weighted by Crippen LogP contribution is -2.30. The van der Waals surface area contributed by atoms with Gasteiger partial charge in [-0.15, -0.1) is 0 Å². The van der Waals surface area contributed by atoms with Crippen LogP contribution in [0.5, 0.6) is 11.5 Å². The molecule has 0 bridgehead atoms. The van der Waals surface area contributed by atoms with Crippen LogP contribution < -0.4 is 18.5 Å². The van der Waals surface area contributed by atoms with Crippen molar-refractivity contribution >= 4 is 36.7 Å². The molecule has 1 fully saturated rings. The zero-order chi connectivity index (χ0) is 20.5. The maximum absolute atomic E-state index is 15.1. The Morgan fingerprint density at radius 1 is 1.36 bits per heavy atom. The van der Waals surface area contributed by atoms with Gasteiger partial charge in [-0.2, -0.15) is 13.1 Å². The summed E-state index contributed by atoms with van der Waals surface area (Å²) >= 11 is 0. The normalized spacial score (nSPS) is 16.6. The average molecular weight is 433 g/mol. The maximum Gasteiger partial charge on any atom is 0.301 e. The monoisotopic (exact) mass is 433 g/mol. The Bertz CT molecular complexity index is 1110. The summed E-state index contributed by atoms with van der Waals surface area (Å²) in [5.41, 5.74) is -0.426. The van der Waals surface area contributed by atoms with Gasteiger partial charge < -0.3 is 9.84 Å². The number of hydrogen-bond donors (Lipinski definition) is 3. The molecule has 0 spiro atoms. The molecule has 0 atom stereocenters. The first kappa shape index (κ1) is 20.6. The molecule has 3 N–H and O–H groups in total. The number of fused-ring (bicyclic) bond motifs is 1. The van der Waals surface area contributed by atoms with Crippen LogP contribution in [0.4, 0.5) is 10.1 Å². The van der Waals surface area contributed by atoms with Crippen LogP contribution in [0.25, 0.3) is 10.8 Å². The number of rotatable bonds is 7. The third-order valence-electron chi connectivity index (χ3n) is 4.22. The molecule has 1 aliphatic heterocycles. The highest BCUT2D eigenvalue weighted by Gasteiger charge is 2.33. The van der Waals surface area contributed by atoms with Crippen molar-refractivity contribution in [3.05, 3.63) is 30.1 Å². The molecule has 0 amide bonds. The van der Waals surface area contributed by atoms with E-state index in [4.69, 9.17) is 4.74 Å². The van der Waals surface area contributed by atoms with Crippen molar-refractivity contribution in [2.75, 3.05) is 36.3 Å². The van der Waals surface area contributed by atoms with Crippen LogP contribution >= 0.6 is 0 Å². The molecule has 2 aromatic carbocycles. The van der Waals surface area contributed by atoms with Gasteiger partial charge in [-0.1, -0.05) is 6.07 Å². The second-order valence-electron chi connectivity index (χ2n) is 6.06. The highest BCUT2D eigenvalue weighted by Crippen LogP contribution is 2.39. The number of sulfonamides is 1. The fourth-order valence-electron chi connectivity index (χ4n) is 2.81. The molecule has 0 saturated carbocycles. The van der Waals surface area contributed by atoms with Crippen molar-refractivity contribution < 1.29 is 31.1 Å². The summed E-state index contributed by atoms with van der Waals surface area (Å²) in [6, 6.07) is 5.71. The van der Waals surface area contributed by atoms with E-state index in [1.54, 1.807) is 6.07 Å². The van der Waals surface area contributed by atoms with E-state index in [1.807, 2.05) is 0 Å². The second kappa shape index (κ2) is 7.70. The summed E-state index contributed by atoms with van der Waals surface area (Å²) < 4.78 is 72.7. The van der Waals surface area contributed by atoms with Gasteiger partial charge in [0.05, 0.1) is 5.75 Å². The van der Waals surface area contributed by atoms with E-state index in [0.717, 1.165) is 4.31 Å². The Labute approximate surface area is 162 Å². The fourth-order valence-corrected chi connectivity index (χ4v) is 4.66. The first-order chi connectivity index (χ1) is 13.1. The minimum Gasteiger partial charge on any atom is -0.506 e. The molecular formula is C16H20FN3O6S2. The van der Waals surface area contributed by atoms with Gasteiger partial charge in [-0.25, -0.2) is 21.8 Å². The van der Waals surface area contributed by atoms with Gasteiger partial charge >= 0.3 is 10.2 Å². The van der Waals surface area contributed by atoms with E-state index in [9.17, 15) is 21.9 Å². The number of ether oxygens (including phenoxy) is 1. The Balaban J connectivity index is 1.87. The highest BCUT2D eigenvalue weighted by atomic mass is 32.2. The van der Waals surface area contributed by atoms with E-state index in [-0.39, 0.29) is 43.1 Å².